The van der Waals surface area contributed by atoms with Gasteiger partial charge in [0.15, 0.2) is 0 Å². The van der Waals surface area contributed by atoms with E-state index in [2.05, 4.69) is 37.2 Å². The van der Waals surface area contributed by atoms with Crippen LogP contribution in [-0.2, 0) is 0 Å². The van der Waals surface area contributed by atoms with Crippen molar-refractivity contribution in [3.05, 3.63) is 43.5 Å². The second-order valence-corrected chi connectivity index (χ2v) is 8.12. The number of nitrogens with one attached hydrogen (secondary N) is 1. The van der Waals surface area contributed by atoms with Crippen molar-refractivity contribution < 1.29 is 18.0 Å². The van der Waals surface area contributed by atoms with Crippen molar-refractivity contribution in [3.63, 3.8) is 0 Å². The quantitative estimate of drug-likeness (QED) is 0.557. The molecule has 0 bridgehead atoms. The number of halogens is 5. The summed E-state index contributed by atoms with van der Waals surface area (Å²) in [4.78, 5) is 12.5. The van der Waals surface area contributed by atoms with E-state index in [0.29, 0.717) is 10.6 Å². The van der Waals surface area contributed by atoms with Crippen molar-refractivity contribution in [2.75, 3.05) is 5.32 Å². The van der Waals surface area contributed by atoms with Crippen molar-refractivity contribution in [1.29, 1.82) is 0 Å². The number of anilines is 1. The number of hydrogen-bond acceptors (Lipinski definition) is 3. The summed E-state index contributed by atoms with van der Waals surface area (Å²) < 4.78 is 38.2. The molecule has 112 valence electrons. The summed E-state index contributed by atoms with van der Waals surface area (Å²) in [5, 5.41) is 2.63. The van der Waals surface area contributed by atoms with Crippen LogP contribution in [0.1, 0.15) is 9.67 Å². The molecule has 2 aromatic rings. The highest BCUT2D eigenvalue weighted by molar-refractivity contribution is 9.13. The minimum Gasteiger partial charge on any atom is -0.321 e. The lowest BCUT2D eigenvalue weighted by Crippen LogP contribution is -2.09. The molecular weight excluding hydrogens is 455 g/mol. The number of thioether (sulfide) groups is 1. The molecule has 0 aliphatic carbocycles. The molecule has 0 unspecified atom stereocenters. The molecular formula is C12H6Br2F3NOS2. The van der Waals surface area contributed by atoms with Gasteiger partial charge in [-0.05, 0) is 74.0 Å². The summed E-state index contributed by atoms with van der Waals surface area (Å²) in [5.41, 5.74) is -3.88. The Labute approximate surface area is 143 Å². The Morgan fingerprint density at radius 2 is 1.81 bits per heavy atom. The highest BCUT2D eigenvalue weighted by Gasteiger charge is 2.29. The molecule has 1 aromatic heterocycles. The van der Waals surface area contributed by atoms with Crippen LogP contribution >= 0.6 is 55.0 Å². The zero-order valence-corrected chi connectivity index (χ0v) is 14.8. The van der Waals surface area contributed by atoms with E-state index < -0.39 is 5.51 Å². The number of carbonyl (C=O) groups is 1. The molecule has 1 heterocycles. The Bertz CT molecular complexity index is 636. The van der Waals surface area contributed by atoms with E-state index in [9.17, 15) is 18.0 Å². The van der Waals surface area contributed by atoms with Gasteiger partial charge in [0.1, 0.15) is 0 Å². The van der Waals surface area contributed by atoms with Crippen LogP contribution in [0.2, 0.25) is 0 Å². The lowest BCUT2D eigenvalue weighted by Gasteiger charge is -2.07. The van der Waals surface area contributed by atoms with E-state index in [1.54, 1.807) is 6.07 Å². The van der Waals surface area contributed by atoms with E-state index in [-0.39, 0.29) is 22.6 Å². The Hall–Kier alpha value is -0.510. The van der Waals surface area contributed by atoms with Crippen molar-refractivity contribution in [3.8, 4) is 0 Å². The van der Waals surface area contributed by atoms with Crippen LogP contribution in [0.25, 0.3) is 0 Å². The molecule has 1 amide bonds. The molecule has 0 saturated heterocycles. The molecule has 21 heavy (non-hydrogen) atoms. The third kappa shape index (κ3) is 5.01. The van der Waals surface area contributed by atoms with Crippen molar-refractivity contribution >= 4 is 66.6 Å². The number of hydrogen-bond donors (Lipinski definition) is 1. The van der Waals surface area contributed by atoms with Gasteiger partial charge < -0.3 is 5.32 Å². The van der Waals surface area contributed by atoms with E-state index in [4.69, 9.17) is 0 Å². The van der Waals surface area contributed by atoms with Crippen LogP contribution in [0.5, 0.6) is 0 Å². The number of rotatable bonds is 3. The van der Waals surface area contributed by atoms with Gasteiger partial charge in [-0.2, -0.15) is 13.2 Å². The minimum absolute atomic E-state index is 0.0714. The summed E-state index contributed by atoms with van der Waals surface area (Å²) in [6, 6.07) is 7.16. The predicted octanol–water partition coefficient (Wildman–Crippen LogP) is 6.14. The van der Waals surface area contributed by atoms with Crippen molar-refractivity contribution in [1.82, 2.24) is 0 Å². The van der Waals surface area contributed by atoms with Crippen molar-refractivity contribution in [2.45, 2.75) is 10.4 Å². The number of benzene rings is 1. The van der Waals surface area contributed by atoms with Gasteiger partial charge in [0.2, 0.25) is 0 Å². The lowest BCUT2D eigenvalue weighted by molar-refractivity contribution is -0.0328. The van der Waals surface area contributed by atoms with Crippen LogP contribution in [0.4, 0.5) is 18.9 Å². The molecule has 1 aromatic carbocycles. The highest BCUT2D eigenvalue weighted by Crippen LogP contribution is 2.37. The summed E-state index contributed by atoms with van der Waals surface area (Å²) in [7, 11) is 0. The van der Waals surface area contributed by atoms with Gasteiger partial charge >= 0.3 is 5.51 Å². The Morgan fingerprint density at radius 3 is 2.29 bits per heavy atom. The number of alkyl halides is 3. The Kier molecular flexibility index (Phi) is 5.39. The third-order valence-corrected chi connectivity index (χ3v) is 6.21. The first kappa shape index (κ1) is 16.9. The topological polar surface area (TPSA) is 29.1 Å². The zero-order chi connectivity index (χ0) is 15.6. The van der Waals surface area contributed by atoms with E-state index in [1.807, 2.05) is 0 Å². The second-order valence-electron chi connectivity index (χ2n) is 3.76. The molecule has 1 N–H and O–H groups in total. The molecule has 9 heteroatoms. The highest BCUT2D eigenvalue weighted by atomic mass is 79.9. The summed E-state index contributed by atoms with van der Waals surface area (Å²) in [6.07, 6.45) is 0. The number of thiophene rings is 1. The molecule has 0 aliphatic rings. The van der Waals surface area contributed by atoms with Gasteiger partial charge in [-0.15, -0.1) is 11.3 Å². The smallest absolute Gasteiger partial charge is 0.321 e. The molecule has 0 saturated carbocycles. The average Bonchev–Trinajstić information content (AvgIpc) is 2.70. The Balaban J connectivity index is 2.05. The number of amides is 1. The summed E-state index contributed by atoms with van der Waals surface area (Å²) in [6.45, 7) is 0. The van der Waals surface area contributed by atoms with E-state index >= 15 is 0 Å². The minimum atomic E-state index is -4.32. The zero-order valence-electron chi connectivity index (χ0n) is 10.0. The normalized spacial score (nSPS) is 11.5. The maximum atomic E-state index is 12.2. The molecule has 0 radical (unpaired) electrons. The van der Waals surface area contributed by atoms with Gasteiger partial charge in [-0.3, -0.25) is 4.79 Å². The first-order valence-electron chi connectivity index (χ1n) is 5.36. The molecule has 0 spiro atoms. The van der Waals surface area contributed by atoms with Crippen LogP contribution in [0, 0.1) is 0 Å². The average molecular weight is 461 g/mol. The monoisotopic (exact) mass is 459 g/mol. The SMILES string of the molecule is O=C(Nc1ccc(SC(F)(F)F)cc1)c1cc(Br)c(Br)s1. The van der Waals surface area contributed by atoms with Gasteiger partial charge in [-0.25, -0.2) is 0 Å². The standard InChI is InChI=1S/C12H6Br2F3NOS2/c13-8-5-9(20-10(8)14)11(19)18-6-1-3-7(4-2-6)21-12(15,16)17/h1-5H,(H,18,19). The first-order chi connectivity index (χ1) is 9.74. The molecule has 2 rings (SSSR count). The number of carbonyl (C=O) groups excluding carboxylic acids is 1. The van der Waals surface area contributed by atoms with E-state index in [0.717, 1.165) is 8.26 Å². The first-order valence-corrected chi connectivity index (χ1v) is 8.58. The molecule has 0 aliphatic heterocycles. The van der Waals surface area contributed by atoms with Crippen LogP contribution < -0.4 is 5.32 Å². The fourth-order valence-electron chi connectivity index (χ4n) is 1.39. The van der Waals surface area contributed by atoms with E-state index in [1.165, 1.54) is 35.6 Å². The predicted molar refractivity (Wildman–Crippen MR) is 86.0 cm³/mol. The van der Waals surface area contributed by atoms with Crippen LogP contribution in [-0.4, -0.2) is 11.4 Å². The second kappa shape index (κ2) is 6.72. The summed E-state index contributed by atoms with van der Waals surface area (Å²) in [5.74, 6) is -0.317. The van der Waals surface area contributed by atoms with Crippen molar-refractivity contribution in [2.24, 2.45) is 0 Å². The summed E-state index contributed by atoms with van der Waals surface area (Å²) >= 11 is 7.64. The lowest BCUT2D eigenvalue weighted by atomic mass is 10.3. The fraction of sp³-hybridized carbons (Fsp3) is 0.0833. The Morgan fingerprint density at radius 1 is 1.19 bits per heavy atom. The van der Waals surface area contributed by atoms with Gasteiger partial charge in [0, 0.05) is 15.1 Å². The third-order valence-electron chi connectivity index (χ3n) is 2.21. The maximum absolute atomic E-state index is 12.2. The fourth-order valence-corrected chi connectivity index (χ4v) is 3.86. The van der Waals surface area contributed by atoms with Gasteiger partial charge in [-0.1, -0.05) is 0 Å². The largest absolute Gasteiger partial charge is 0.446 e. The molecule has 2 nitrogen and oxygen atoms in total. The van der Waals surface area contributed by atoms with Gasteiger partial charge in [0.25, 0.3) is 5.91 Å². The van der Waals surface area contributed by atoms with Crippen LogP contribution in [0.3, 0.4) is 0 Å². The van der Waals surface area contributed by atoms with Crippen LogP contribution in [0.15, 0.2) is 43.5 Å². The molecule has 0 atom stereocenters. The van der Waals surface area contributed by atoms with Gasteiger partial charge in [0.05, 0.1) is 8.66 Å². The maximum Gasteiger partial charge on any atom is 0.446 e. The molecule has 0 fully saturated rings.